The Balaban J connectivity index is 1.73. The molecule has 1 saturated heterocycles. The van der Waals surface area contributed by atoms with Crippen LogP contribution < -0.4 is 10.2 Å². The lowest BCUT2D eigenvalue weighted by Crippen LogP contribution is -2.39. The van der Waals surface area contributed by atoms with Crippen LogP contribution in [0.5, 0.6) is 0 Å². The van der Waals surface area contributed by atoms with Gasteiger partial charge in [0.2, 0.25) is 5.91 Å². The minimum Gasteiger partial charge on any atom is -0.360 e. The normalized spacial score (nSPS) is 17.5. The van der Waals surface area contributed by atoms with Crippen LogP contribution in [0.15, 0.2) is 42.6 Å². The SMILES string of the molecule is Cc1ccc(N2CCC[C@H]2C(=O)Nc2ccc(C)cn2)cc1. The third-order valence-corrected chi connectivity index (χ3v) is 4.08. The number of hydrogen-bond acceptors (Lipinski definition) is 3. The van der Waals surface area contributed by atoms with E-state index in [0.717, 1.165) is 30.6 Å². The first kappa shape index (κ1) is 14.6. The summed E-state index contributed by atoms with van der Waals surface area (Å²) in [6.45, 7) is 4.97. The zero-order valence-electron chi connectivity index (χ0n) is 13.0. The first-order chi connectivity index (χ1) is 10.6. The highest BCUT2D eigenvalue weighted by atomic mass is 16.2. The molecule has 22 heavy (non-hydrogen) atoms. The van der Waals surface area contributed by atoms with E-state index in [1.165, 1.54) is 5.56 Å². The minimum absolute atomic E-state index is 0.0226. The molecule has 1 aliphatic heterocycles. The smallest absolute Gasteiger partial charge is 0.248 e. The molecule has 1 aliphatic rings. The molecule has 4 nitrogen and oxygen atoms in total. The second-order valence-electron chi connectivity index (χ2n) is 5.90. The number of pyridine rings is 1. The molecule has 1 N–H and O–H groups in total. The van der Waals surface area contributed by atoms with Crippen molar-refractivity contribution >= 4 is 17.4 Å². The van der Waals surface area contributed by atoms with Gasteiger partial charge < -0.3 is 10.2 Å². The maximum atomic E-state index is 12.6. The molecule has 4 heteroatoms. The van der Waals surface area contributed by atoms with Gasteiger partial charge >= 0.3 is 0 Å². The Morgan fingerprint density at radius 1 is 1.14 bits per heavy atom. The number of aryl methyl sites for hydroxylation is 2. The summed E-state index contributed by atoms with van der Waals surface area (Å²) in [7, 11) is 0. The summed E-state index contributed by atoms with van der Waals surface area (Å²) in [6.07, 6.45) is 3.68. The largest absolute Gasteiger partial charge is 0.360 e. The van der Waals surface area contributed by atoms with E-state index in [2.05, 4.69) is 46.4 Å². The van der Waals surface area contributed by atoms with Crippen LogP contribution >= 0.6 is 0 Å². The number of hydrogen-bond donors (Lipinski definition) is 1. The van der Waals surface area contributed by atoms with Crippen molar-refractivity contribution < 1.29 is 4.79 Å². The lowest BCUT2D eigenvalue weighted by atomic mass is 10.1. The van der Waals surface area contributed by atoms with E-state index in [4.69, 9.17) is 0 Å². The van der Waals surface area contributed by atoms with Crippen molar-refractivity contribution in [1.29, 1.82) is 0 Å². The summed E-state index contributed by atoms with van der Waals surface area (Å²) in [5.41, 5.74) is 3.42. The predicted molar refractivity (Wildman–Crippen MR) is 89.2 cm³/mol. The summed E-state index contributed by atoms with van der Waals surface area (Å²) in [5, 5.41) is 2.93. The van der Waals surface area contributed by atoms with Gasteiger partial charge in [-0.15, -0.1) is 0 Å². The van der Waals surface area contributed by atoms with Crippen molar-refractivity contribution in [3.8, 4) is 0 Å². The van der Waals surface area contributed by atoms with E-state index in [1.54, 1.807) is 6.20 Å². The predicted octanol–water partition coefficient (Wildman–Crippen LogP) is 3.31. The number of benzene rings is 1. The summed E-state index contributed by atoms with van der Waals surface area (Å²) in [5.74, 6) is 0.640. The number of nitrogens with zero attached hydrogens (tertiary/aromatic N) is 2. The number of aromatic nitrogens is 1. The summed E-state index contributed by atoms with van der Waals surface area (Å²) in [4.78, 5) is 19.0. The van der Waals surface area contributed by atoms with E-state index in [0.29, 0.717) is 5.82 Å². The molecule has 1 amide bonds. The highest BCUT2D eigenvalue weighted by Gasteiger charge is 2.31. The molecule has 2 aromatic rings. The molecule has 0 bridgehead atoms. The summed E-state index contributed by atoms with van der Waals surface area (Å²) >= 11 is 0. The van der Waals surface area contributed by atoms with Gasteiger partial charge in [-0.1, -0.05) is 23.8 Å². The van der Waals surface area contributed by atoms with Crippen molar-refractivity contribution in [3.05, 3.63) is 53.7 Å². The number of anilines is 2. The Morgan fingerprint density at radius 3 is 2.55 bits per heavy atom. The number of nitrogens with one attached hydrogen (secondary N) is 1. The van der Waals surface area contributed by atoms with Gasteiger partial charge in [0.05, 0.1) is 0 Å². The molecule has 1 aromatic carbocycles. The highest BCUT2D eigenvalue weighted by molar-refractivity contribution is 5.96. The molecule has 114 valence electrons. The topological polar surface area (TPSA) is 45.2 Å². The Labute approximate surface area is 131 Å². The zero-order valence-corrected chi connectivity index (χ0v) is 13.0. The number of carbonyl (C=O) groups is 1. The first-order valence-corrected chi connectivity index (χ1v) is 7.70. The first-order valence-electron chi connectivity index (χ1n) is 7.70. The molecule has 0 radical (unpaired) electrons. The van der Waals surface area contributed by atoms with Crippen LogP contribution in [0.1, 0.15) is 24.0 Å². The molecule has 1 aromatic heterocycles. The monoisotopic (exact) mass is 295 g/mol. The Bertz CT molecular complexity index is 649. The molecular formula is C18H21N3O. The van der Waals surface area contributed by atoms with Crippen LogP contribution in [-0.4, -0.2) is 23.5 Å². The standard InChI is InChI=1S/C18H21N3O/c1-13-5-8-15(9-6-13)21-11-3-4-16(21)18(22)20-17-10-7-14(2)12-19-17/h5-10,12,16H,3-4,11H2,1-2H3,(H,19,20,22)/t16-/m0/s1. The molecule has 3 rings (SSSR count). The second kappa shape index (κ2) is 6.18. The van der Waals surface area contributed by atoms with Crippen LogP contribution in [0.25, 0.3) is 0 Å². The third kappa shape index (κ3) is 3.11. The Hall–Kier alpha value is -2.36. The van der Waals surface area contributed by atoms with Gasteiger partial charge in [0.1, 0.15) is 11.9 Å². The average molecular weight is 295 g/mol. The number of rotatable bonds is 3. The van der Waals surface area contributed by atoms with E-state index in [-0.39, 0.29) is 11.9 Å². The quantitative estimate of drug-likeness (QED) is 0.945. The Morgan fingerprint density at radius 2 is 1.86 bits per heavy atom. The molecule has 2 heterocycles. The fourth-order valence-electron chi connectivity index (χ4n) is 2.84. The fourth-order valence-corrected chi connectivity index (χ4v) is 2.84. The minimum atomic E-state index is -0.120. The van der Waals surface area contributed by atoms with Crippen LogP contribution in [0, 0.1) is 13.8 Å². The highest BCUT2D eigenvalue weighted by Crippen LogP contribution is 2.26. The van der Waals surface area contributed by atoms with Gasteiger partial charge in [0, 0.05) is 18.4 Å². The van der Waals surface area contributed by atoms with Crippen LogP contribution in [0.4, 0.5) is 11.5 Å². The van der Waals surface area contributed by atoms with Crippen molar-refractivity contribution in [2.75, 3.05) is 16.8 Å². The second-order valence-corrected chi connectivity index (χ2v) is 5.90. The van der Waals surface area contributed by atoms with Crippen molar-refractivity contribution in [2.45, 2.75) is 32.7 Å². The number of amides is 1. The average Bonchev–Trinajstić information content (AvgIpc) is 3.00. The van der Waals surface area contributed by atoms with E-state index >= 15 is 0 Å². The summed E-state index contributed by atoms with van der Waals surface area (Å²) < 4.78 is 0. The van der Waals surface area contributed by atoms with Gasteiger partial charge in [-0.25, -0.2) is 4.98 Å². The zero-order chi connectivity index (χ0) is 15.5. The molecule has 1 fully saturated rings. The van der Waals surface area contributed by atoms with Crippen molar-refractivity contribution in [1.82, 2.24) is 4.98 Å². The molecule has 0 aliphatic carbocycles. The lowest BCUT2D eigenvalue weighted by molar-refractivity contribution is -0.117. The lowest BCUT2D eigenvalue weighted by Gasteiger charge is -2.26. The molecule has 0 spiro atoms. The van der Waals surface area contributed by atoms with Gasteiger partial charge in [-0.3, -0.25) is 4.79 Å². The van der Waals surface area contributed by atoms with Gasteiger partial charge in [0.25, 0.3) is 0 Å². The van der Waals surface area contributed by atoms with Gasteiger partial charge in [0.15, 0.2) is 0 Å². The maximum absolute atomic E-state index is 12.6. The van der Waals surface area contributed by atoms with Crippen LogP contribution in [0.3, 0.4) is 0 Å². The molecule has 1 atom stereocenters. The number of carbonyl (C=O) groups excluding carboxylic acids is 1. The molecule has 0 unspecified atom stereocenters. The van der Waals surface area contributed by atoms with Crippen LogP contribution in [-0.2, 0) is 4.79 Å². The molecule has 0 saturated carbocycles. The van der Waals surface area contributed by atoms with Crippen LogP contribution in [0.2, 0.25) is 0 Å². The van der Waals surface area contributed by atoms with Crippen molar-refractivity contribution in [2.24, 2.45) is 0 Å². The molecular weight excluding hydrogens is 274 g/mol. The fraction of sp³-hybridized carbons (Fsp3) is 0.333. The van der Waals surface area contributed by atoms with Gasteiger partial charge in [-0.05, 0) is 50.5 Å². The van der Waals surface area contributed by atoms with E-state index < -0.39 is 0 Å². The third-order valence-electron chi connectivity index (χ3n) is 4.08. The maximum Gasteiger partial charge on any atom is 0.248 e. The van der Waals surface area contributed by atoms with Crippen molar-refractivity contribution in [3.63, 3.8) is 0 Å². The summed E-state index contributed by atoms with van der Waals surface area (Å²) in [6, 6.07) is 12.0. The Kier molecular flexibility index (Phi) is 4.09. The van der Waals surface area contributed by atoms with E-state index in [9.17, 15) is 4.79 Å². The van der Waals surface area contributed by atoms with Gasteiger partial charge in [-0.2, -0.15) is 0 Å². The van der Waals surface area contributed by atoms with E-state index in [1.807, 2.05) is 19.1 Å².